The number of hydrogen-bond donors (Lipinski definition) is 1. The number of pyridine rings is 1. The first-order chi connectivity index (χ1) is 11.2. The molecule has 0 spiro atoms. The summed E-state index contributed by atoms with van der Waals surface area (Å²) >= 11 is 0. The van der Waals surface area contributed by atoms with Crippen molar-refractivity contribution in [1.29, 1.82) is 0 Å². The van der Waals surface area contributed by atoms with Gasteiger partial charge in [0, 0.05) is 12.1 Å². The van der Waals surface area contributed by atoms with Crippen LogP contribution in [0.5, 0.6) is 11.6 Å². The maximum Gasteiger partial charge on any atom is 0.260 e. The van der Waals surface area contributed by atoms with Crippen molar-refractivity contribution in [3.8, 4) is 11.6 Å². The Balaban J connectivity index is 1.39. The van der Waals surface area contributed by atoms with Crippen LogP contribution in [0.3, 0.4) is 0 Å². The van der Waals surface area contributed by atoms with E-state index in [1.807, 2.05) is 31.2 Å². The number of ether oxygens (including phenoxy) is 2. The Labute approximate surface area is 134 Å². The minimum Gasteiger partial charge on any atom is -0.452 e. The van der Waals surface area contributed by atoms with Crippen molar-refractivity contribution in [2.75, 3.05) is 6.79 Å². The molecule has 118 valence electrons. The normalized spacial score (nSPS) is 22.5. The van der Waals surface area contributed by atoms with Crippen LogP contribution in [0.15, 0.2) is 42.6 Å². The fourth-order valence-corrected chi connectivity index (χ4v) is 3.00. The highest BCUT2D eigenvalue weighted by Crippen LogP contribution is 2.47. The molecule has 1 amide bonds. The smallest absolute Gasteiger partial charge is 0.260 e. The molecule has 5 nitrogen and oxygen atoms in total. The summed E-state index contributed by atoms with van der Waals surface area (Å²) in [6, 6.07) is 12.0. The lowest BCUT2D eigenvalue weighted by atomic mass is 10.1. The van der Waals surface area contributed by atoms with Crippen molar-refractivity contribution in [3.05, 3.63) is 53.7 Å². The van der Waals surface area contributed by atoms with Gasteiger partial charge in [-0.1, -0.05) is 30.3 Å². The van der Waals surface area contributed by atoms with E-state index < -0.39 is 0 Å². The van der Waals surface area contributed by atoms with Crippen LogP contribution in [-0.2, 0) is 4.79 Å². The van der Waals surface area contributed by atoms with E-state index >= 15 is 0 Å². The Hall–Kier alpha value is -2.56. The van der Waals surface area contributed by atoms with Crippen LogP contribution in [-0.4, -0.2) is 17.7 Å². The summed E-state index contributed by atoms with van der Waals surface area (Å²) < 4.78 is 10.5. The maximum absolute atomic E-state index is 12.4. The molecule has 1 fully saturated rings. The number of hydrogen-bond acceptors (Lipinski definition) is 4. The van der Waals surface area contributed by atoms with E-state index in [0.717, 1.165) is 12.0 Å². The molecule has 3 atom stereocenters. The SMILES string of the molecule is CC(NC(=O)C1CC1c1ccccc1)c1cnc2c(c1)OCO2. The number of carbonyl (C=O) groups is 1. The lowest BCUT2D eigenvalue weighted by Gasteiger charge is -2.14. The van der Waals surface area contributed by atoms with Gasteiger partial charge >= 0.3 is 0 Å². The molecule has 3 unspecified atom stereocenters. The summed E-state index contributed by atoms with van der Waals surface area (Å²) in [5, 5.41) is 3.07. The zero-order valence-electron chi connectivity index (χ0n) is 12.9. The number of fused-ring (bicyclic) bond motifs is 1. The van der Waals surface area contributed by atoms with Crippen molar-refractivity contribution in [2.45, 2.75) is 25.3 Å². The third-order valence-electron chi connectivity index (χ3n) is 4.46. The average molecular weight is 310 g/mol. The first kappa shape index (κ1) is 14.1. The van der Waals surface area contributed by atoms with Gasteiger partial charge in [-0.2, -0.15) is 0 Å². The summed E-state index contributed by atoms with van der Waals surface area (Å²) in [7, 11) is 0. The molecule has 23 heavy (non-hydrogen) atoms. The van der Waals surface area contributed by atoms with Crippen LogP contribution in [0.25, 0.3) is 0 Å². The van der Waals surface area contributed by atoms with Crippen LogP contribution in [0.4, 0.5) is 0 Å². The molecule has 0 bridgehead atoms. The molecule has 1 aliphatic heterocycles. The van der Waals surface area contributed by atoms with Gasteiger partial charge in [-0.15, -0.1) is 0 Å². The van der Waals surface area contributed by atoms with E-state index in [1.165, 1.54) is 5.56 Å². The predicted octanol–water partition coefficient (Wildman–Crippen LogP) is 2.79. The molecule has 2 aromatic rings. The first-order valence-electron chi connectivity index (χ1n) is 7.83. The monoisotopic (exact) mass is 310 g/mol. The molecule has 0 radical (unpaired) electrons. The number of benzene rings is 1. The number of rotatable bonds is 4. The minimum atomic E-state index is -0.110. The fraction of sp³-hybridized carbons (Fsp3) is 0.333. The highest BCUT2D eigenvalue weighted by Gasteiger charge is 2.44. The first-order valence-corrected chi connectivity index (χ1v) is 7.83. The highest BCUT2D eigenvalue weighted by atomic mass is 16.7. The van der Waals surface area contributed by atoms with Gasteiger partial charge in [0.25, 0.3) is 5.88 Å². The Morgan fingerprint density at radius 3 is 2.96 bits per heavy atom. The molecule has 1 aliphatic carbocycles. The zero-order valence-corrected chi connectivity index (χ0v) is 12.9. The quantitative estimate of drug-likeness (QED) is 0.943. The van der Waals surface area contributed by atoms with Gasteiger partial charge in [0.15, 0.2) is 5.75 Å². The highest BCUT2D eigenvalue weighted by molar-refractivity contribution is 5.83. The van der Waals surface area contributed by atoms with Gasteiger partial charge in [0.1, 0.15) is 0 Å². The van der Waals surface area contributed by atoms with Crippen LogP contribution >= 0.6 is 0 Å². The number of nitrogens with zero attached hydrogens (tertiary/aromatic N) is 1. The van der Waals surface area contributed by atoms with Crippen molar-refractivity contribution in [2.24, 2.45) is 5.92 Å². The van der Waals surface area contributed by atoms with Gasteiger partial charge in [-0.3, -0.25) is 4.79 Å². The van der Waals surface area contributed by atoms with E-state index in [0.29, 0.717) is 17.5 Å². The van der Waals surface area contributed by atoms with Crippen molar-refractivity contribution in [3.63, 3.8) is 0 Å². The Bertz CT molecular complexity index is 732. The number of nitrogens with one attached hydrogen (secondary N) is 1. The Morgan fingerprint density at radius 1 is 1.30 bits per heavy atom. The largest absolute Gasteiger partial charge is 0.452 e. The Kier molecular flexibility index (Phi) is 3.41. The van der Waals surface area contributed by atoms with Crippen LogP contribution in [0.2, 0.25) is 0 Å². The summed E-state index contributed by atoms with van der Waals surface area (Å²) in [4.78, 5) is 16.6. The molecule has 4 rings (SSSR count). The maximum atomic E-state index is 12.4. The van der Waals surface area contributed by atoms with Gasteiger partial charge in [0.2, 0.25) is 12.7 Å². The van der Waals surface area contributed by atoms with Crippen LogP contribution in [0.1, 0.15) is 36.4 Å². The summed E-state index contributed by atoms with van der Waals surface area (Å²) in [6.45, 7) is 2.16. The molecule has 2 heterocycles. The molecule has 1 saturated carbocycles. The van der Waals surface area contributed by atoms with Gasteiger partial charge in [-0.05, 0) is 36.5 Å². The van der Waals surface area contributed by atoms with Crippen LogP contribution < -0.4 is 14.8 Å². The molecule has 1 aromatic heterocycles. The molecule has 2 aliphatic rings. The number of aromatic nitrogens is 1. The number of amides is 1. The predicted molar refractivity (Wildman–Crippen MR) is 84.2 cm³/mol. The molecule has 0 saturated heterocycles. The van der Waals surface area contributed by atoms with Crippen molar-refractivity contribution >= 4 is 5.91 Å². The molecule has 1 N–H and O–H groups in total. The second-order valence-corrected chi connectivity index (χ2v) is 6.07. The second-order valence-electron chi connectivity index (χ2n) is 6.07. The third kappa shape index (κ3) is 2.74. The minimum absolute atomic E-state index is 0.0711. The second kappa shape index (κ2) is 5.57. The van der Waals surface area contributed by atoms with Crippen molar-refractivity contribution < 1.29 is 14.3 Å². The van der Waals surface area contributed by atoms with E-state index in [9.17, 15) is 4.79 Å². The molecule has 5 heteroatoms. The lowest BCUT2D eigenvalue weighted by molar-refractivity contribution is -0.123. The number of carbonyl (C=O) groups excluding carboxylic acids is 1. The topological polar surface area (TPSA) is 60.5 Å². The van der Waals surface area contributed by atoms with Crippen molar-refractivity contribution in [1.82, 2.24) is 10.3 Å². The lowest BCUT2D eigenvalue weighted by Crippen LogP contribution is -2.28. The van der Waals surface area contributed by atoms with Crippen LogP contribution in [0, 0.1) is 5.92 Å². The molecule has 1 aromatic carbocycles. The van der Waals surface area contributed by atoms with Gasteiger partial charge in [0.05, 0.1) is 6.04 Å². The standard InChI is InChI=1S/C18H18N2O3/c1-11(13-7-16-18(19-9-13)23-10-22-16)20-17(21)15-8-14(15)12-5-3-2-4-6-12/h2-7,9,11,14-15H,8,10H2,1H3,(H,20,21). The van der Waals surface area contributed by atoms with E-state index in [4.69, 9.17) is 9.47 Å². The average Bonchev–Trinajstić information content (AvgIpc) is 3.25. The fourth-order valence-electron chi connectivity index (χ4n) is 3.00. The van der Waals surface area contributed by atoms with Gasteiger partial charge < -0.3 is 14.8 Å². The van der Waals surface area contributed by atoms with E-state index in [2.05, 4.69) is 22.4 Å². The summed E-state index contributed by atoms with van der Waals surface area (Å²) in [5.74, 6) is 1.67. The summed E-state index contributed by atoms with van der Waals surface area (Å²) in [6.07, 6.45) is 2.64. The summed E-state index contributed by atoms with van der Waals surface area (Å²) in [5.41, 5.74) is 2.16. The van der Waals surface area contributed by atoms with Gasteiger partial charge in [-0.25, -0.2) is 4.98 Å². The van der Waals surface area contributed by atoms with E-state index in [1.54, 1.807) is 6.20 Å². The third-order valence-corrected chi connectivity index (χ3v) is 4.46. The Morgan fingerprint density at radius 2 is 2.13 bits per heavy atom. The van der Waals surface area contributed by atoms with E-state index in [-0.39, 0.29) is 24.7 Å². The zero-order chi connectivity index (χ0) is 15.8. The molecular weight excluding hydrogens is 292 g/mol. The molecular formula is C18H18N2O3.